The maximum Gasteiger partial charge on any atom is 0.408 e. The van der Waals surface area contributed by atoms with Gasteiger partial charge in [-0.3, -0.25) is 0 Å². The Morgan fingerprint density at radius 1 is 1.03 bits per heavy atom. The second kappa shape index (κ2) is 10.3. The topological polar surface area (TPSA) is 84.9 Å². The molecule has 0 radical (unpaired) electrons. The van der Waals surface area contributed by atoms with Crippen LogP contribution < -0.4 is 5.32 Å². The van der Waals surface area contributed by atoms with Crippen molar-refractivity contribution in [2.24, 2.45) is 17.8 Å². The number of alkyl carbamates (subject to hydrolysis) is 1. The first-order valence-corrected chi connectivity index (χ1v) is 13.7. The normalized spacial score (nSPS) is 26.7. The fourth-order valence-electron chi connectivity index (χ4n) is 7.25. The molecule has 4 bridgehead atoms. The van der Waals surface area contributed by atoms with Crippen molar-refractivity contribution >= 4 is 12.1 Å². The van der Waals surface area contributed by atoms with Gasteiger partial charge in [-0.15, -0.1) is 0 Å². The number of hydrogen-bond donors (Lipinski definition) is 2. The average molecular weight is 524 g/mol. The predicted molar refractivity (Wildman–Crippen MR) is 142 cm³/mol. The van der Waals surface area contributed by atoms with Crippen LogP contribution in [0.5, 0.6) is 0 Å². The summed E-state index contributed by atoms with van der Waals surface area (Å²) in [6.45, 7) is 4.63. The number of rotatable bonds is 8. The lowest BCUT2D eigenvalue weighted by Crippen LogP contribution is -2.48. The molecule has 4 aliphatic carbocycles. The van der Waals surface area contributed by atoms with E-state index >= 15 is 4.39 Å². The largest absolute Gasteiger partial charge is 0.480 e. The third kappa shape index (κ3) is 5.88. The second-order valence-corrected chi connectivity index (χ2v) is 12.6. The monoisotopic (exact) mass is 523 g/mol. The highest BCUT2D eigenvalue weighted by atomic mass is 19.1. The first-order chi connectivity index (χ1) is 18.0. The van der Waals surface area contributed by atoms with Gasteiger partial charge in [-0.1, -0.05) is 36.4 Å². The zero-order chi connectivity index (χ0) is 27.1. The smallest absolute Gasteiger partial charge is 0.408 e. The Balaban J connectivity index is 1.23. The van der Waals surface area contributed by atoms with E-state index in [-0.39, 0.29) is 18.6 Å². The summed E-state index contributed by atoms with van der Waals surface area (Å²) in [5, 5.41) is 11.7. The van der Waals surface area contributed by atoms with E-state index < -0.39 is 29.5 Å². The van der Waals surface area contributed by atoms with Crippen LogP contribution in [0, 0.1) is 23.6 Å². The molecule has 1 atom stereocenters. The van der Waals surface area contributed by atoms with Crippen LogP contribution in [0.1, 0.15) is 70.4 Å². The molecule has 4 aliphatic rings. The summed E-state index contributed by atoms with van der Waals surface area (Å²) in [5.41, 5.74) is 3.08. The number of nitrogens with one attached hydrogen (secondary N) is 1. The Hall–Kier alpha value is -2.93. The summed E-state index contributed by atoms with van der Waals surface area (Å²) in [4.78, 5) is 23.4. The third-order valence-electron chi connectivity index (χ3n) is 8.43. The van der Waals surface area contributed by atoms with Crippen molar-refractivity contribution in [3.8, 4) is 11.1 Å². The van der Waals surface area contributed by atoms with E-state index in [1.165, 1.54) is 50.2 Å². The van der Waals surface area contributed by atoms with Crippen LogP contribution in [-0.2, 0) is 26.3 Å². The van der Waals surface area contributed by atoms with Crippen LogP contribution >= 0.6 is 0 Å². The van der Waals surface area contributed by atoms with Crippen molar-refractivity contribution in [1.29, 1.82) is 0 Å². The van der Waals surface area contributed by atoms with Crippen molar-refractivity contribution in [3.05, 3.63) is 59.4 Å². The quantitative estimate of drug-likeness (QED) is 0.415. The molecule has 0 spiro atoms. The average Bonchev–Trinajstić information content (AvgIpc) is 2.82. The van der Waals surface area contributed by atoms with Crippen LogP contribution in [-0.4, -0.2) is 35.4 Å². The Bertz CT molecular complexity index is 1170. The first kappa shape index (κ1) is 26.7. The summed E-state index contributed by atoms with van der Waals surface area (Å²) in [7, 11) is 0. The van der Waals surface area contributed by atoms with Gasteiger partial charge in [0.1, 0.15) is 11.4 Å². The molecule has 1 amide bonds. The third-order valence-corrected chi connectivity index (χ3v) is 8.43. The maximum absolute atomic E-state index is 15.0. The van der Waals surface area contributed by atoms with Crippen LogP contribution in [0.3, 0.4) is 0 Å². The highest BCUT2D eigenvalue weighted by Gasteiger charge is 2.51. The number of amides is 1. The summed E-state index contributed by atoms with van der Waals surface area (Å²) >= 11 is 0. The molecular weight excluding hydrogens is 485 g/mol. The molecule has 38 heavy (non-hydrogen) atoms. The van der Waals surface area contributed by atoms with Crippen LogP contribution in [0.25, 0.3) is 11.1 Å². The van der Waals surface area contributed by atoms with E-state index in [4.69, 9.17) is 9.47 Å². The second-order valence-electron chi connectivity index (χ2n) is 12.6. The Kier molecular flexibility index (Phi) is 7.25. The van der Waals surface area contributed by atoms with Gasteiger partial charge >= 0.3 is 12.1 Å². The predicted octanol–water partition coefficient (Wildman–Crippen LogP) is 6.46. The number of aliphatic carboxylic acids is 1. The molecule has 4 saturated carbocycles. The van der Waals surface area contributed by atoms with E-state index in [0.29, 0.717) is 5.56 Å². The van der Waals surface area contributed by atoms with Crippen molar-refractivity contribution < 1.29 is 28.6 Å². The maximum atomic E-state index is 15.0. The number of carboxylic acids is 1. The zero-order valence-electron chi connectivity index (χ0n) is 22.5. The minimum absolute atomic E-state index is 0.112. The molecule has 2 aromatic rings. The highest BCUT2D eigenvalue weighted by Crippen LogP contribution is 2.60. The van der Waals surface area contributed by atoms with Gasteiger partial charge in [0, 0.05) is 5.56 Å². The lowest BCUT2D eigenvalue weighted by molar-refractivity contribution is -0.141. The van der Waals surface area contributed by atoms with E-state index in [0.717, 1.165) is 28.9 Å². The van der Waals surface area contributed by atoms with Gasteiger partial charge < -0.3 is 19.9 Å². The number of carboxylic acid groups (broad SMARTS) is 1. The van der Waals surface area contributed by atoms with Gasteiger partial charge in [-0.25, -0.2) is 14.0 Å². The number of carbonyl (C=O) groups excluding carboxylic acids is 1. The standard InChI is InChI=1S/C31H38FNO5/c1-30(2,3)38-29(36)33-27(28(34)35)18-37-17-24-8-7-23(13-26(24)32)22-5-4-6-25(12-22)31-14-19-9-20(15-31)11-21(10-19)16-31/h4-8,12-13,19-21,27H,9-11,14-18H2,1-3H3,(H,33,36)(H,34,35). The number of hydrogen-bond acceptors (Lipinski definition) is 4. The summed E-state index contributed by atoms with van der Waals surface area (Å²) in [6.07, 6.45) is 7.21. The van der Waals surface area contributed by atoms with Crippen LogP contribution in [0.15, 0.2) is 42.5 Å². The molecule has 0 heterocycles. The number of carbonyl (C=O) groups is 2. The lowest BCUT2D eigenvalue weighted by Gasteiger charge is -2.57. The Morgan fingerprint density at radius 3 is 2.24 bits per heavy atom. The molecule has 6 nitrogen and oxygen atoms in total. The SMILES string of the molecule is CC(C)(C)OC(=O)NC(COCc1ccc(-c2cccc(C34CC5CC(CC(C5)C3)C4)c2)cc1F)C(=O)O. The van der Waals surface area contributed by atoms with E-state index in [1.807, 2.05) is 12.1 Å². The van der Waals surface area contributed by atoms with Gasteiger partial charge in [0.15, 0.2) is 6.04 Å². The molecule has 7 heteroatoms. The molecule has 1 unspecified atom stereocenters. The minimum Gasteiger partial charge on any atom is -0.480 e. The first-order valence-electron chi connectivity index (χ1n) is 13.7. The number of ether oxygens (including phenoxy) is 2. The van der Waals surface area contributed by atoms with Crippen LogP contribution in [0.4, 0.5) is 9.18 Å². The fraction of sp³-hybridized carbons (Fsp3) is 0.548. The van der Waals surface area contributed by atoms with E-state index in [2.05, 4.69) is 23.5 Å². The molecule has 204 valence electrons. The zero-order valence-corrected chi connectivity index (χ0v) is 22.5. The van der Waals surface area contributed by atoms with Crippen molar-refractivity contribution in [2.75, 3.05) is 6.61 Å². The Labute approximate surface area is 223 Å². The molecule has 6 rings (SSSR count). The molecule has 2 aromatic carbocycles. The van der Waals surface area contributed by atoms with Gasteiger partial charge in [0.05, 0.1) is 13.2 Å². The summed E-state index contributed by atoms with van der Waals surface area (Å²) < 4.78 is 25.6. The van der Waals surface area contributed by atoms with E-state index in [9.17, 15) is 14.7 Å². The van der Waals surface area contributed by atoms with Crippen molar-refractivity contribution in [1.82, 2.24) is 5.32 Å². The molecule has 0 aliphatic heterocycles. The molecule has 2 N–H and O–H groups in total. The Morgan fingerprint density at radius 2 is 1.66 bits per heavy atom. The van der Waals surface area contributed by atoms with E-state index in [1.54, 1.807) is 26.8 Å². The molecule has 4 fully saturated rings. The summed E-state index contributed by atoms with van der Waals surface area (Å²) in [6, 6.07) is 12.4. The fourth-order valence-corrected chi connectivity index (χ4v) is 7.25. The minimum atomic E-state index is -1.31. The molecule has 0 saturated heterocycles. The lowest BCUT2D eigenvalue weighted by atomic mass is 9.48. The number of benzene rings is 2. The molecule has 0 aromatic heterocycles. The van der Waals surface area contributed by atoms with Gasteiger partial charge in [0.25, 0.3) is 0 Å². The van der Waals surface area contributed by atoms with Crippen LogP contribution in [0.2, 0.25) is 0 Å². The van der Waals surface area contributed by atoms with Crippen molar-refractivity contribution in [3.63, 3.8) is 0 Å². The van der Waals surface area contributed by atoms with Gasteiger partial charge in [-0.05, 0) is 105 Å². The van der Waals surface area contributed by atoms with Gasteiger partial charge in [-0.2, -0.15) is 0 Å². The van der Waals surface area contributed by atoms with Crippen molar-refractivity contribution in [2.45, 2.75) is 83.0 Å². The summed E-state index contributed by atoms with van der Waals surface area (Å²) in [5.74, 6) is 0.922. The van der Waals surface area contributed by atoms with Gasteiger partial charge in [0.2, 0.25) is 0 Å². The molecular formula is C31H38FNO5. The number of halogens is 1. The highest BCUT2D eigenvalue weighted by molar-refractivity contribution is 5.80.